The number of phosphoric acid groups is 1. The molecule has 0 aromatic rings. The smallest absolute Gasteiger partial charge is 0.306 e. The van der Waals surface area contributed by atoms with Gasteiger partial charge in [-0.2, -0.15) is 0 Å². The van der Waals surface area contributed by atoms with Crippen molar-refractivity contribution in [3.8, 4) is 0 Å². The molecule has 59 heavy (non-hydrogen) atoms. The lowest BCUT2D eigenvalue weighted by Gasteiger charge is -2.28. The summed E-state index contributed by atoms with van der Waals surface area (Å²) in [5.41, 5.74) is 0. The van der Waals surface area contributed by atoms with Gasteiger partial charge < -0.3 is 27.9 Å². The number of unbranched alkanes of at least 4 members (excludes halogenated alkanes) is 23. The summed E-state index contributed by atoms with van der Waals surface area (Å²) in [7, 11) is 1.34. The second kappa shape index (κ2) is 43.1. The van der Waals surface area contributed by atoms with Crippen molar-refractivity contribution in [2.75, 3.05) is 54.1 Å². The molecule has 0 aromatic heterocycles. The third-order valence-corrected chi connectivity index (χ3v) is 11.3. The van der Waals surface area contributed by atoms with E-state index in [0.29, 0.717) is 24.1 Å². The maximum Gasteiger partial charge on any atom is 0.306 e. The molecule has 0 aromatic carbocycles. The van der Waals surface area contributed by atoms with Crippen molar-refractivity contribution in [2.24, 2.45) is 0 Å². The fourth-order valence-electron chi connectivity index (χ4n) is 6.55. The molecule has 0 spiro atoms. The van der Waals surface area contributed by atoms with Gasteiger partial charge in [-0.25, -0.2) is 0 Å². The van der Waals surface area contributed by atoms with Gasteiger partial charge in [-0.15, -0.1) is 0 Å². The SMILES string of the molecule is CCCCCCC/C=C\C/C=C\C/C=C\CCCCCCCCC(=O)OC(COCCCCCCCC/C=C\CCCCCCCC)COP(=O)([O-])OCC[N+](C)(C)C. The minimum Gasteiger partial charge on any atom is -0.756 e. The zero-order chi connectivity index (χ0) is 43.4. The highest BCUT2D eigenvalue weighted by molar-refractivity contribution is 7.45. The van der Waals surface area contributed by atoms with E-state index in [9.17, 15) is 14.3 Å². The van der Waals surface area contributed by atoms with Gasteiger partial charge in [0.2, 0.25) is 0 Å². The number of carbonyl (C=O) groups is 1. The van der Waals surface area contributed by atoms with Gasteiger partial charge in [-0.05, 0) is 77.0 Å². The molecule has 2 unspecified atom stereocenters. The van der Waals surface area contributed by atoms with Crippen molar-refractivity contribution in [2.45, 2.75) is 213 Å². The number of ether oxygens (including phenoxy) is 2. The fourth-order valence-corrected chi connectivity index (χ4v) is 7.28. The quantitative estimate of drug-likeness (QED) is 0.0198. The lowest BCUT2D eigenvalue weighted by Crippen LogP contribution is -2.37. The monoisotopic (exact) mass is 852 g/mol. The minimum atomic E-state index is -4.53. The Morgan fingerprint density at radius 1 is 0.525 bits per heavy atom. The molecule has 9 heteroatoms. The van der Waals surface area contributed by atoms with Crippen LogP contribution in [0.3, 0.4) is 0 Å². The maximum atomic E-state index is 12.7. The number of phosphoric ester groups is 1. The molecule has 0 saturated heterocycles. The van der Waals surface area contributed by atoms with E-state index in [-0.39, 0.29) is 25.8 Å². The highest BCUT2D eigenvalue weighted by atomic mass is 31.2. The Labute approximate surface area is 365 Å². The number of allylic oxidation sites excluding steroid dienone is 8. The Hall–Kier alpha value is -1.54. The van der Waals surface area contributed by atoms with Crippen molar-refractivity contribution in [1.29, 1.82) is 0 Å². The highest BCUT2D eigenvalue weighted by Crippen LogP contribution is 2.38. The molecular formula is C50H94NO7P. The molecule has 0 saturated carbocycles. The highest BCUT2D eigenvalue weighted by Gasteiger charge is 2.20. The van der Waals surface area contributed by atoms with Gasteiger partial charge in [0.05, 0.1) is 34.4 Å². The van der Waals surface area contributed by atoms with Crippen LogP contribution in [-0.2, 0) is 27.9 Å². The molecule has 346 valence electrons. The first-order chi connectivity index (χ1) is 28.6. The van der Waals surface area contributed by atoms with Crippen LogP contribution in [0.4, 0.5) is 0 Å². The zero-order valence-corrected chi connectivity index (χ0v) is 40.1. The summed E-state index contributed by atoms with van der Waals surface area (Å²) in [5.74, 6) is -0.348. The van der Waals surface area contributed by atoms with E-state index < -0.39 is 13.9 Å². The van der Waals surface area contributed by atoms with Crippen molar-refractivity contribution >= 4 is 13.8 Å². The number of hydrogen-bond acceptors (Lipinski definition) is 7. The van der Waals surface area contributed by atoms with Gasteiger partial charge in [-0.1, -0.05) is 172 Å². The van der Waals surface area contributed by atoms with Crippen LogP contribution in [0, 0.1) is 0 Å². The van der Waals surface area contributed by atoms with Crippen LogP contribution in [0.5, 0.6) is 0 Å². The van der Waals surface area contributed by atoms with E-state index in [4.69, 9.17) is 18.5 Å². The molecule has 0 rings (SSSR count). The van der Waals surface area contributed by atoms with E-state index in [2.05, 4.69) is 62.5 Å². The number of likely N-dealkylation sites (N-methyl/N-ethyl adjacent to an activating group) is 1. The van der Waals surface area contributed by atoms with E-state index >= 15 is 0 Å². The largest absolute Gasteiger partial charge is 0.756 e. The van der Waals surface area contributed by atoms with E-state index in [1.807, 2.05) is 21.1 Å². The van der Waals surface area contributed by atoms with E-state index in [0.717, 1.165) is 57.8 Å². The molecular weight excluding hydrogens is 758 g/mol. The van der Waals surface area contributed by atoms with Crippen molar-refractivity contribution in [3.05, 3.63) is 48.6 Å². The van der Waals surface area contributed by atoms with E-state index in [1.54, 1.807) is 0 Å². The normalized spacial score (nSPS) is 14.1. The number of quaternary nitrogens is 1. The zero-order valence-electron chi connectivity index (χ0n) is 39.2. The Morgan fingerprint density at radius 2 is 0.932 bits per heavy atom. The Bertz CT molecular complexity index is 1080. The number of rotatable bonds is 45. The first-order valence-corrected chi connectivity index (χ1v) is 25.8. The van der Waals surface area contributed by atoms with Gasteiger partial charge in [0.15, 0.2) is 0 Å². The molecule has 0 fully saturated rings. The lowest BCUT2D eigenvalue weighted by molar-refractivity contribution is -0.870. The first kappa shape index (κ1) is 57.5. The Morgan fingerprint density at radius 3 is 1.41 bits per heavy atom. The average molecular weight is 852 g/mol. The van der Waals surface area contributed by atoms with Crippen LogP contribution in [0.15, 0.2) is 48.6 Å². The second-order valence-corrected chi connectivity index (χ2v) is 18.9. The van der Waals surface area contributed by atoms with Crippen LogP contribution in [0.25, 0.3) is 0 Å². The van der Waals surface area contributed by atoms with Crippen LogP contribution in [0.1, 0.15) is 206 Å². The molecule has 0 bridgehead atoms. The summed E-state index contributed by atoms with van der Waals surface area (Å²) in [6.07, 6.45) is 52.7. The average Bonchev–Trinajstić information content (AvgIpc) is 3.19. The molecule has 8 nitrogen and oxygen atoms in total. The Kier molecular flexibility index (Phi) is 42.0. The molecule has 0 aliphatic heterocycles. The Balaban J connectivity index is 4.22. The molecule has 0 aliphatic rings. The number of esters is 1. The third kappa shape index (κ3) is 47.4. The second-order valence-electron chi connectivity index (χ2n) is 17.5. The predicted molar refractivity (Wildman–Crippen MR) is 250 cm³/mol. The van der Waals surface area contributed by atoms with Gasteiger partial charge in [-0.3, -0.25) is 9.36 Å². The summed E-state index contributed by atoms with van der Waals surface area (Å²) < 4.78 is 34.7. The topological polar surface area (TPSA) is 94.1 Å². The number of carbonyl (C=O) groups excluding carboxylic acids is 1. The van der Waals surface area contributed by atoms with E-state index in [1.165, 1.54) is 128 Å². The van der Waals surface area contributed by atoms with Crippen LogP contribution < -0.4 is 4.89 Å². The number of hydrogen-bond donors (Lipinski definition) is 0. The number of nitrogens with zero attached hydrogens (tertiary/aromatic N) is 1. The van der Waals surface area contributed by atoms with Gasteiger partial charge in [0, 0.05) is 13.0 Å². The molecule has 0 amide bonds. The van der Waals surface area contributed by atoms with Gasteiger partial charge >= 0.3 is 5.97 Å². The predicted octanol–water partition coefficient (Wildman–Crippen LogP) is 14.1. The lowest BCUT2D eigenvalue weighted by atomic mass is 10.1. The summed E-state index contributed by atoms with van der Waals surface area (Å²) in [5, 5.41) is 0. The van der Waals surface area contributed by atoms with Crippen LogP contribution in [-0.4, -0.2) is 70.7 Å². The molecule has 0 radical (unpaired) electrons. The summed E-state index contributed by atoms with van der Waals surface area (Å²) in [6.45, 7) is 5.37. The standard InChI is InChI=1S/C50H94NO7P/c1-6-8-10-12-14-16-18-20-22-24-25-26-27-28-29-31-33-35-37-39-41-43-50(52)58-49(48-57-59(53,54)56-46-44-51(3,4)5)47-55-45-42-40-38-36-34-32-30-23-21-19-17-15-13-11-9-7-2/h18,20-21,23-25,27-28,49H,6-17,19,22,26,29-48H2,1-5H3/b20-18-,23-21-,25-24-,28-27-. The molecule has 0 heterocycles. The summed E-state index contributed by atoms with van der Waals surface area (Å²) in [4.78, 5) is 25.1. The summed E-state index contributed by atoms with van der Waals surface area (Å²) in [6, 6.07) is 0. The van der Waals surface area contributed by atoms with Crippen molar-refractivity contribution < 1.29 is 37.3 Å². The van der Waals surface area contributed by atoms with Gasteiger partial charge in [0.1, 0.15) is 19.3 Å². The van der Waals surface area contributed by atoms with Crippen molar-refractivity contribution in [3.63, 3.8) is 0 Å². The first-order valence-electron chi connectivity index (χ1n) is 24.4. The minimum absolute atomic E-state index is 0.0210. The third-order valence-electron chi connectivity index (χ3n) is 10.4. The van der Waals surface area contributed by atoms with Crippen LogP contribution in [0.2, 0.25) is 0 Å². The van der Waals surface area contributed by atoms with Crippen LogP contribution >= 0.6 is 7.82 Å². The molecule has 2 atom stereocenters. The van der Waals surface area contributed by atoms with Gasteiger partial charge in [0.25, 0.3) is 7.82 Å². The maximum absolute atomic E-state index is 12.7. The molecule has 0 aliphatic carbocycles. The fraction of sp³-hybridized carbons (Fsp3) is 0.820. The molecule has 0 N–H and O–H groups in total. The summed E-state index contributed by atoms with van der Waals surface area (Å²) >= 11 is 0. The van der Waals surface area contributed by atoms with Crippen molar-refractivity contribution in [1.82, 2.24) is 0 Å².